The van der Waals surface area contributed by atoms with Crippen molar-refractivity contribution in [2.45, 2.75) is 58.9 Å². The lowest BCUT2D eigenvalue weighted by atomic mass is 9.86. The van der Waals surface area contributed by atoms with E-state index in [0.717, 1.165) is 62.9 Å². The van der Waals surface area contributed by atoms with Gasteiger partial charge >= 0.3 is 5.69 Å². The molecule has 0 spiro atoms. The van der Waals surface area contributed by atoms with Crippen LogP contribution in [0.15, 0.2) is 76.4 Å². The van der Waals surface area contributed by atoms with Gasteiger partial charge in [0.05, 0.1) is 12.2 Å². The molecular formula is C30H32BrN7O. The molecule has 0 saturated heterocycles. The van der Waals surface area contributed by atoms with Crippen molar-refractivity contribution in [3.05, 3.63) is 98.9 Å². The van der Waals surface area contributed by atoms with Gasteiger partial charge in [0.1, 0.15) is 0 Å². The first-order valence-corrected chi connectivity index (χ1v) is 13.9. The Morgan fingerprint density at radius 3 is 2.51 bits per heavy atom. The fraction of sp³-hybridized carbons (Fsp3) is 0.300. The molecule has 200 valence electrons. The molecule has 9 heteroatoms. The van der Waals surface area contributed by atoms with Gasteiger partial charge in [0.15, 0.2) is 0 Å². The molecule has 3 aromatic heterocycles. The minimum absolute atomic E-state index is 0.0314. The monoisotopic (exact) mass is 585 g/mol. The predicted octanol–water partition coefficient (Wildman–Crippen LogP) is 6.33. The number of hydrogen-bond acceptors (Lipinski definition) is 5. The van der Waals surface area contributed by atoms with Crippen molar-refractivity contribution in [1.29, 1.82) is 0 Å². The number of benzene rings is 2. The number of nitrogens with zero attached hydrogens (tertiary/aromatic N) is 6. The van der Waals surface area contributed by atoms with Crippen LogP contribution >= 0.6 is 15.9 Å². The summed E-state index contributed by atoms with van der Waals surface area (Å²) in [5.74, 6) is 0.498. The Morgan fingerprint density at radius 2 is 1.82 bits per heavy atom. The van der Waals surface area contributed by atoms with Gasteiger partial charge in [-0.1, -0.05) is 70.5 Å². The van der Waals surface area contributed by atoms with Gasteiger partial charge in [-0.2, -0.15) is 5.21 Å². The van der Waals surface area contributed by atoms with Gasteiger partial charge < -0.3 is 0 Å². The molecule has 0 aliphatic rings. The predicted molar refractivity (Wildman–Crippen MR) is 157 cm³/mol. The molecule has 0 amide bonds. The zero-order chi connectivity index (χ0) is 27.6. The minimum Gasteiger partial charge on any atom is -0.292 e. The Balaban J connectivity index is 1.52. The number of para-hydroxylation sites is 1. The summed E-state index contributed by atoms with van der Waals surface area (Å²) >= 11 is 3.73. The van der Waals surface area contributed by atoms with Crippen molar-refractivity contribution in [2.24, 2.45) is 0 Å². The molecule has 0 unspecified atom stereocenters. The van der Waals surface area contributed by atoms with Crippen LogP contribution in [-0.2, 0) is 18.4 Å². The van der Waals surface area contributed by atoms with E-state index < -0.39 is 0 Å². The van der Waals surface area contributed by atoms with Crippen LogP contribution in [0.25, 0.3) is 28.2 Å². The molecular weight excluding hydrogens is 554 g/mol. The summed E-state index contributed by atoms with van der Waals surface area (Å²) in [6.07, 6.45) is 8.44. The summed E-state index contributed by atoms with van der Waals surface area (Å²) < 4.78 is 4.64. The summed E-state index contributed by atoms with van der Waals surface area (Å²) in [5, 5.41) is 14.4. The fourth-order valence-electron chi connectivity index (χ4n) is 4.85. The number of aryl methyl sites for hydroxylation is 1. The highest BCUT2D eigenvalue weighted by atomic mass is 79.9. The quantitative estimate of drug-likeness (QED) is 0.229. The molecule has 0 aliphatic carbocycles. The maximum Gasteiger partial charge on any atom is 0.333 e. The summed E-state index contributed by atoms with van der Waals surface area (Å²) in [4.78, 5) is 18.2. The van der Waals surface area contributed by atoms with Crippen LogP contribution in [-0.4, -0.2) is 34.7 Å². The molecule has 39 heavy (non-hydrogen) atoms. The zero-order valence-electron chi connectivity index (χ0n) is 22.6. The number of aromatic nitrogens is 7. The van der Waals surface area contributed by atoms with Crippen LogP contribution in [0, 0.1) is 0 Å². The lowest BCUT2D eigenvalue weighted by Crippen LogP contribution is -2.27. The number of pyridine rings is 1. The summed E-state index contributed by atoms with van der Waals surface area (Å²) in [7, 11) is 0. The van der Waals surface area contributed by atoms with Crippen LogP contribution in [0.1, 0.15) is 57.4 Å². The molecule has 2 aromatic carbocycles. The molecule has 1 N–H and O–H groups in total. The second-order valence-corrected chi connectivity index (χ2v) is 11.6. The number of aromatic amines is 1. The third-order valence-electron chi connectivity index (χ3n) is 6.90. The molecule has 0 fully saturated rings. The molecule has 0 radical (unpaired) electrons. The Labute approximate surface area is 236 Å². The average molecular weight is 587 g/mol. The molecule has 0 bridgehead atoms. The minimum atomic E-state index is -0.118. The first kappa shape index (κ1) is 26.7. The van der Waals surface area contributed by atoms with E-state index in [9.17, 15) is 4.79 Å². The lowest BCUT2D eigenvalue weighted by Gasteiger charge is -2.23. The third-order valence-corrected chi connectivity index (χ3v) is 7.54. The van der Waals surface area contributed by atoms with E-state index in [-0.39, 0.29) is 11.1 Å². The fourth-order valence-corrected chi connectivity index (χ4v) is 5.41. The normalized spacial score (nSPS) is 11.7. The van der Waals surface area contributed by atoms with Crippen molar-refractivity contribution >= 4 is 15.9 Å². The molecule has 3 heterocycles. The van der Waals surface area contributed by atoms with Gasteiger partial charge in [0, 0.05) is 34.3 Å². The SMILES string of the molecule is CCCCc1cn(-c2c(Br)cccc2C(C)(C)C)c(=O)n1Cc1ccc(-c2ccncc2-c2nn[nH]n2)cc1. The molecule has 0 saturated carbocycles. The number of halogens is 1. The first-order valence-electron chi connectivity index (χ1n) is 13.2. The Morgan fingerprint density at radius 1 is 1.03 bits per heavy atom. The van der Waals surface area contributed by atoms with Gasteiger partial charge in [-0.05, 0) is 73.8 Å². The second kappa shape index (κ2) is 11.1. The van der Waals surface area contributed by atoms with Crippen molar-refractivity contribution in [1.82, 2.24) is 34.7 Å². The number of rotatable bonds is 8. The van der Waals surface area contributed by atoms with Crippen LogP contribution in [0.2, 0.25) is 0 Å². The third kappa shape index (κ3) is 5.49. The number of hydrogen-bond donors (Lipinski definition) is 1. The van der Waals surface area contributed by atoms with E-state index >= 15 is 0 Å². The number of unbranched alkanes of at least 4 members (excludes halogenated alkanes) is 1. The number of tetrazole rings is 1. The molecule has 8 nitrogen and oxygen atoms in total. The van der Waals surface area contributed by atoms with Crippen LogP contribution < -0.4 is 5.69 Å². The average Bonchev–Trinajstić information content (AvgIpc) is 3.56. The van der Waals surface area contributed by atoms with Gasteiger partial charge in [-0.3, -0.25) is 14.1 Å². The number of imidazole rings is 1. The Bertz CT molecular complexity index is 1630. The topological polar surface area (TPSA) is 94.3 Å². The van der Waals surface area contributed by atoms with E-state index in [0.29, 0.717) is 12.4 Å². The van der Waals surface area contributed by atoms with Gasteiger partial charge in [0.25, 0.3) is 0 Å². The largest absolute Gasteiger partial charge is 0.333 e. The Hall–Kier alpha value is -3.85. The van der Waals surface area contributed by atoms with Crippen molar-refractivity contribution in [3.8, 4) is 28.2 Å². The van der Waals surface area contributed by atoms with Crippen LogP contribution in [0.3, 0.4) is 0 Å². The van der Waals surface area contributed by atoms with E-state index in [2.05, 4.69) is 99.6 Å². The van der Waals surface area contributed by atoms with Crippen molar-refractivity contribution in [2.75, 3.05) is 0 Å². The van der Waals surface area contributed by atoms with Crippen LogP contribution in [0.4, 0.5) is 0 Å². The lowest BCUT2D eigenvalue weighted by molar-refractivity contribution is 0.584. The molecule has 0 atom stereocenters. The van der Waals surface area contributed by atoms with Gasteiger partial charge in [0.2, 0.25) is 5.82 Å². The summed E-state index contributed by atoms with van der Waals surface area (Å²) in [6, 6.07) is 16.4. The number of nitrogens with one attached hydrogen (secondary N) is 1. The second-order valence-electron chi connectivity index (χ2n) is 10.7. The van der Waals surface area contributed by atoms with E-state index in [4.69, 9.17) is 0 Å². The summed E-state index contributed by atoms with van der Waals surface area (Å²) in [6.45, 7) is 9.19. The van der Waals surface area contributed by atoms with Gasteiger partial charge in [-0.25, -0.2) is 4.79 Å². The highest BCUT2D eigenvalue weighted by molar-refractivity contribution is 9.10. The van der Waals surface area contributed by atoms with Gasteiger partial charge in [-0.15, -0.1) is 10.2 Å². The van der Waals surface area contributed by atoms with Crippen LogP contribution in [0.5, 0.6) is 0 Å². The van der Waals surface area contributed by atoms with E-state index in [1.165, 1.54) is 0 Å². The summed E-state index contributed by atoms with van der Waals surface area (Å²) in [5.41, 5.74) is 6.76. The van der Waals surface area contributed by atoms with E-state index in [1.807, 2.05) is 33.5 Å². The Kier molecular flexibility index (Phi) is 7.61. The smallest absolute Gasteiger partial charge is 0.292 e. The number of H-pyrrole nitrogens is 1. The standard InChI is InChI=1S/C30H32BrN7O/c1-5-6-8-22-19-38(27-25(30(2,3)4)9-7-10-26(27)31)29(39)37(22)18-20-11-13-21(14-12-20)23-15-16-32-17-24(23)28-33-35-36-34-28/h7,9-17,19H,5-6,8,18H2,1-4H3,(H,33,34,35,36). The van der Waals surface area contributed by atoms with Crippen molar-refractivity contribution in [3.63, 3.8) is 0 Å². The van der Waals surface area contributed by atoms with Crippen molar-refractivity contribution < 1.29 is 0 Å². The molecule has 5 aromatic rings. The first-order chi connectivity index (χ1) is 18.8. The molecule has 5 rings (SSSR count). The zero-order valence-corrected chi connectivity index (χ0v) is 24.2. The highest BCUT2D eigenvalue weighted by Crippen LogP contribution is 2.33. The highest BCUT2D eigenvalue weighted by Gasteiger charge is 2.23. The maximum absolute atomic E-state index is 13.9. The van der Waals surface area contributed by atoms with E-state index in [1.54, 1.807) is 12.4 Å². The molecule has 0 aliphatic heterocycles. The maximum atomic E-state index is 13.9.